The highest BCUT2D eigenvalue weighted by Crippen LogP contribution is 2.24. The van der Waals surface area contributed by atoms with E-state index in [1.165, 1.54) is 6.07 Å². The molecule has 7 heteroatoms. The molecular weight excluding hydrogens is 328 g/mol. The minimum absolute atomic E-state index is 0.0314. The van der Waals surface area contributed by atoms with Crippen molar-refractivity contribution in [2.24, 2.45) is 0 Å². The van der Waals surface area contributed by atoms with Crippen LogP contribution < -0.4 is 5.32 Å². The number of benzene rings is 1. The van der Waals surface area contributed by atoms with Gasteiger partial charge in [-0.05, 0) is 25.5 Å². The van der Waals surface area contributed by atoms with Gasteiger partial charge in [-0.1, -0.05) is 29.3 Å². The monoisotopic (exact) mass is 344 g/mol. The van der Waals surface area contributed by atoms with Crippen LogP contribution in [0.2, 0.25) is 0 Å². The second-order valence-corrected chi connectivity index (χ2v) is 5.69. The molecule has 1 unspecified atom stereocenters. The second-order valence-electron chi connectivity index (χ2n) is 4.77. The third-order valence-corrected chi connectivity index (χ3v) is 3.63. The van der Waals surface area contributed by atoms with E-state index in [-0.39, 0.29) is 12.2 Å². The van der Waals surface area contributed by atoms with Crippen LogP contribution in [0.4, 0.5) is 5.69 Å². The number of rotatable bonds is 7. The number of nitrogens with zero attached hydrogens (tertiary/aromatic N) is 1. The van der Waals surface area contributed by atoms with Crippen LogP contribution in [0.25, 0.3) is 0 Å². The Bertz CT molecular complexity index is 521. The number of nitro groups is 1. The quantitative estimate of drug-likeness (QED) is 0.585. The molecule has 0 amide bonds. The fourth-order valence-electron chi connectivity index (χ4n) is 1.92. The van der Waals surface area contributed by atoms with Crippen molar-refractivity contribution in [3.8, 4) is 0 Å². The first kappa shape index (κ1) is 16.6. The molecule has 0 aliphatic rings. The lowest BCUT2D eigenvalue weighted by atomic mass is 9.96. The number of nitrogens with one attached hydrogen (secondary N) is 1. The summed E-state index contributed by atoms with van der Waals surface area (Å²) in [6, 6.07) is 4.72. The Labute approximate surface area is 125 Å². The van der Waals surface area contributed by atoms with Gasteiger partial charge in [0.2, 0.25) is 0 Å². The summed E-state index contributed by atoms with van der Waals surface area (Å²) < 4.78 is 0.613. The van der Waals surface area contributed by atoms with Crippen LogP contribution >= 0.6 is 15.9 Å². The molecule has 0 spiro atoms. The van der Waals surface area contributed by atoms with E-state index in [4.69, 9.17) is 0 Å². The molecule has 1 rings (SSSR count). The van der Waals surface area contributed by atoms with Crippen molar-refractivity contribution in [1.82, 2.24) is 5.32 Å². The largest absolute Gasteiger partial charge is 0.480 e. The first-order chi connectivity index (χ1) is 9.30. The van der Waals surface area contributed by atoms with Gasteiger partial charge in [-0.15, -0.1) is 0 Å². The van der Waals surface area contributed by atoms with Gasteiger partial charge in [-0.3, -0.25) is 20.2 Å². The Morgan fingerprint density at radius 1 is 1.55 bits per heavy atom. The van der Waals surface area contributed by atoms with Gasteiger partial charge in [0.15, 0.2) is 0 Å². The maximum Gasteiger partial charge on any atom is 0.323 e. The lowest BCUT2D eigenvalue weighted by Gasteiger charge is -2.25. The molecule has 0 aliphatic heterocycles. The molecule has 0 saturated heterocycles. The number of halogens is 1. The van der Waals surface area contributed by atoms with E-state index in [0.29, 0.717) is 22.9 Å². The van der Waals surface area contributed by atoms with E-state index < -0.39 is 16.4 Å². The number of aliphatic carboxylic acids is 1. The van der Waals surface area contributed by atoms with Crippen molar-refractivity contribution in [2.75, 3.05) is 0 Å². The Morgan fingerprint density at radius 3 is 2.70 bits per heavy atom. The van der Waals surface area contributed by atoms with Crippen LogP contribution in [0.1, 0.15) is 32.3 Å². The number of hydrogen-bond acceptors (Lipinski definition) is 4. The molecular formula is C13H17BrN2O4. The Balaban J connectivity index is 2.94. The highest BCUT2D eigenvalue weighted by Gasteiger charge is 2.32. The first-order valence-corrected chi connectivity index (χ1v) is 7.00. The fourth-order valence-corrected chi connectivity index (χ4v) is 2.27. The van der Waals surface area contributed by atoms with E-state index in [1.54, 1.807) is 19.1 Å². The van der Waals surface area contributed by atoms with Gasteiger partial charge in [0, 0.05) is 22.6 Å². The lowest BCUT2D eigenvalue weighted by Crippen LogP contribution is -2.49. The number of carboxylic acid groups (broad SMARTS) is 1. The maximum atomic E-state index is 11.3. The fraction of sp³-hybridized carbons (Fsp3) is 0.462. The smallest absolute Gasteiger partial charge is 0.323 e. The van der Waals surface area contributed by atoms with Crippen LogP contribution in [-0.4, -0.2) is 21.5 Å². The van der Waals surface area contributed by atoms with E-state index in [2.05, 4.69) is 21.2 Å². The zero-order chi connectivity index (χ0) is 15.3. The molecule has 20 heavy (non-hydrogen) atoms. The number of carbonyl (C=O) groups is 1. The molecule has 6 nitrogen and oxygen atoms in total. The molecule has 110 valence electrons. The molecule has 1 aromatic carbocycles. The van der Waals surface area contributed by atoms with Gasteiger partial charge in [-0.2, -0.15) is 0 Å². The molecule has 1 atom stereocenters. The standard InChI is InChI=1S/C13H17BrN2O4/c1-3-6-13(2,12(17)18)15-8-9-4-5-10(14)7-11(9)16(19)20/h4-5,7,15H,3,6,8H2,1-2H3,(H,17,18). The molecule has 0 aliphatic carbocycles. The molecule has 0 saturated carbocycles. The molecule has 0 fully saturated rings. The van der Waals surface area contributed by atoms with Crippen LogP contribution in [0, 0.1) is 10.1 Å². The molecule has 0 heterocycles. The average molecular weight is 345 g/mol. The summed E-state index contributed by atoms with van der Waals surface area (Å²) >= 11 is 3.18. The zero-order valence-corrected chi connectivity index (χ0v) is 12.9. The summed E-state index contributed by atoms with van der Waals surface area (Å²) in [7, 11) is 0. The van der Waals surface area contributed by atoms with Crippen molar-refractivity contribution in [3.63, 3.8) is 0 Å². The molecule has 1 aromatic rings. The van der Waals surface area contributed by atoms with Gasteiger partial charge < -0.3 is 5.11 Å². The summed E-state index contributed by atoms with van der Waals surface area (Å²) in [6.07, 6.45) is 1.16. The van der Waals surface area contributed by atoms with E-state index in [0.717, 1.165) is 0 Å². The summed E-state index contributed by atoms with van der Waals surface area (Å²) in [5.74, 6) is -0.959. The minimum Gasteiger partial charge on any atom is -0.480 e. The van der Waals surface area contributed by atoms with Crippen LogP contribution in [0.5, 0.6) is 0 Å². The van der Waals surface area contributed by atoms with Crippen LogP contribution in [0.15, 0.2) is 22.7 Å². The normalized spacial score (nSPS) is 13.8. The third kappa shape index (κ3) is 4.01. The topological polar surface area (TPSA) is 92.5 Å². The Morgan fingerprint density at radius 2 is 2.20 bits per heavy atom. The third-order valence-electron chi connectivity index (χ3n) is 3.14. The summed E-state index contributed by atoms with van der Waals surface area (Å²) in [5, 5.41) is 23.2. The van der Waals surface area contributed by atoms with Gasteiger partial charge in [0.25, 0.3) is 5.69 Å². The van der Waals surface area contributed by atoms with Gasteiger partial charge >= 0.3 is 5.97 Å². The Hall–Kier alpha value is -1.47. The molecule has 0 radical (unpaired) electrons. The SMILES string of the molecule is CCCC(C)(NCc1ccc(Br)cc1[N+](=O)[O-])C(=O)O. The molecule has 0 aromatic heterocycles. The molecule has 2 N–H and O–H groups in total. The van der Waals surface area contributed by atoms with Crippen molar-refractivity contribution < 1.29 is 14.8 Å². The van der Waals surface area contributed by atoms with E-state index in [9.17, 15) is 20.0 Å². The van der Waals surface area contributed by atoms with Crippen molar-refractivity contribution in [2.45, 2.75) is 38.8 Å². The summed E-state index contributed by atoms with van der Waals surface area (Å²) in [6.45, 7) is 3.61. The highest BCUT2D eigenvalue weighted by atomic mass is 79.9. The van der Waals surface area contributed by atoms with E-state index in [1.807, 2.05) is 6.92 Å². The van der Waals surface area contributed by atoms with Gasteiger partial charge in [0.1, 0.15) is 5.54 Å². The number of hydrogen-bond donors (Lipinski definition) is 2. The predicted octanol–water partition coefficient (Wildman–Crippen LogP) is 3.09. The summed E-state index contributed by atoms with van der Waals surface area (Å²) in [5.41, 5.74) is -0.659. The second kappa shape index (κ2) is 6.81. The van der Waals surface area contributed by atoms with Crippen LogP contribution in [0.3, 0.4) is 0 Å². The predicted molar refractivity (Wildman–Crippen MR) is 78.6 cm³/mol. The highest BCUT2D eigenvalue weighted by molar-refractivity contribution is 9.10. The van der Waals surface area contributed by atoms with Crippen molar-refractivity contribution >= 4 is 27.6 Å². The molecule has 0 bridgehead atoms. The van der Waals surface area contributed by atoms with Crippen molar-refractivity contribution in [1.29, 1.82) is 0 Å². The average Bonchev–Trinajstić information content (AvgIpc) is 2.37. The van der Waals surface area contributed by atoms with Gasteiger partial charge in [-0.25, -0.2) is 0 Å². The Kier molecular flexibility index (Phi) is 5.64. The zero-order valence-electron chi connectivity index (χ0n) is 11.4. The lowest BCUT2D eigenvalue weighted by molar-refractivity contribution is -0.385. The minimum atomic E-state index is -1.09. The van der Waals surface area contributed by atoms with Crippen molar-refractivity contribution in [3.05, 3.63) is 38.3 Å². The number of carboxylic acids is 1. The van der Waals surface area contributed by atoms with Crippen LogP contribution in [-0.2, 0) is 11.3 Å². The van der Waals surface area contributed by atoms with Gasteiger partial charge in [0.05, 0.1) is 4.92 Å². The van der Waals surface area contributed by atoms with E-state index >= 15 is 0 Å². The summed E-state index contributed by atoms with van der Waals surface area (Å²) in [4.78, 5) is 21.8. The maximum absolute atomic E-state index is 11.3. The first-order valence-electron chi connectivity index (χ1n) is 6.21. The number of nitro benzene ring substituents is 1.